The molecule has 0 aromatic carbocycles. The number of hydrogen-bond acceptors (Lipinski definition) is 2. The Morgan fingerprint density at radius 1 is 1.67 bits per heavy atom. The van der Waals surface area contributed by atoms with Crippen LogP contribution in [0.5, 0.6) is 0 Å². The van der Waals surface area contributed by atoms with Gasteiger partial charge in [-0.1, -0.05) is 0 Å². The zero-order chi connectivity index (χ0) is 9.03. The Morgan fingerprint density at radius 2 is 2.42 bits per heavy atom. The van der Waals surface area contributed by atoms with Gasteiger partial charge in [0.25, 0.3) is 0 Å². The maximum Gasteiger partial charge on any atom is 0.0535 e. The highest BCUT2D eigenvalue weighted by Crippen LogP contribution is 2.33. The molecule has 0 amide bonds. The number of hydrogen-bond donors (Lipinski definition) is 0. The predicted octanol–water partition coefficient (Wildman–Crippen LogP) is 1.40. The van der Waals surface area contributed by atoms with Crippen molar-refractivity contribution in [1.29, 1.82) is 0 Å². The van der Waals surface area contributed by atoms with Crippen LogP contribution in [0.3, 0.4) is 0 Å². The van der Waals surface area contributed by atoms with Gasteiger partial charge in [-0.05, 0) is 12.8 Å². The average Bonchev–Trinajstić information content (AvgIpc) is 2.50. The van der Waals surface area contributed by atoms with Crippen LogP contribution in [-0.2, 0) is 15.5 Å². The lowest BCUT2D eigenvalue weighted by Gasteiger charge is -2.23. The van der Waals surface area contributed by atoms with Crippen LogP contribution in [-0.4, -0.2) is 35.3 Å². The van der Waals surface area contributed by atoms with Gasteiger partial charge in [0, 0.05) is 40.7 Å². The molecule has 1 heterocycles. The first-order valence-corrected chi connectivity index (χ1v) is 6.38. The van der Waals surface area contributed by atoms with Crippen molar-refractivity contribution in [3.8, 4) is 0 Å². The minimum absolute atomic E-state index is 0.118. The van der Waals surface area contributed by atoms with E-state index in [0.29, 0.717) is 5.88 Å². The van der Waals surface area contributed by atoms with Crippen molar-refractivity contribution in [3.63, 3.8) is 0 Å². The highest BCUT2D eigenvalue weighted by Gasteiger charge is 2.33. The molecule has 0 saturated carbocycles. The molecule has 0 bridgehead atoms. The van der Waals surface area contributed by atoms with Crippen molar-refractivity contribution in [1.82, 2.24) is 0 Å². The molecule has 12 heavy (non-hydrogen) atoms. The largest absolute Gasteiger partial charge is 0.381 e. The Labute approximate surface area is 81.1 Å². The van der Waals surface area contributed by atoms with E-state index in [1.165, 1.54) is 0 Å². The van der Waals surface area contributed by atoms with Crippen LogP contribution in [0.25, 0.3) is 0 Å². The van der Waals surface area contributed by atoms with E-state index in [1.54, 1.807) is 6.26 Å². The molecule has 0 aromatic heterocycles. The lowest BCUT2D eigenvalue weighted by atomic mass is 9.87. The first-order valence-electron chi connectivity index (χ1n) is 4.12. The van der Waals surface area contributed by atoms with Crippen LogP contribution >= 0.6 is 11.6 Å². The SMILES string of the molecule is CS(=O)CCC1(CCl)CCOC1. The molecule has 0 aliphatic carbocycles. The van der Waals surface area contributed by atoms with E-state index in [4.69, 9.17) is 16.3 Å². The topological polar surface area (TPSA) is 26.3 Å². The molecule has 1 rings (SSSR count). The summed E-state index contributed by atoms with van der Waals surface area (Å²) in [5.41, 5.74) is 0.118. The van der Waals surface area contributed by atoms with Gasteiger partial charge < -0.3 is 4.74 Å². The summed E-state index contributed by atoms with van der Waals surface area (Å²) in [6, 6.07) is 0. The zero-order valence-corrected chi connectivity index (χ0v) is 8.92. The summed E-state index contributed by atoms with van der Waals surface area (Å²) in [5, 5.41) is 0. The van der Waals surface area contributed by atoms with Gasteiger partial charge in [-0.15, -0.1) is 11.6 Å². The Hall–Kier alpha value is 0.400. The van der Waals surface area contributed by atoms with Gasteiger partial charge in [-0.3, -0.25) is 4.21 Å². The zero-order valence-electron chi connectivity index (χ0n) is 7.35. The van der Waals surface area contributed by atoms with Gasteiger partial charge in [0.15, 0.2) is 0 Å². The molecule has 1 saturated heterocycles. The lowest BCUT2D eigenvalue weighted by Crippen LogP contribution is -2.25. The summed E-state index contributed by atoms with van der Waals surface area (Å²) in [5.74, 6) is 1.38. The van der Waals surface area contributed by atoms with Gasteiger partial charge >= 0.3 is 0 Å². The van der Waals surface area contributed by atoms with E-state index in [2.05, 4.69) is 0 Å². The molecule has 4 heteroatoms. The van der Waals surface area contributed by atoms with Crippen molar-refractivity contribution >= 4 is 22.4 Å². The van der Waals surface area contributed by atoms with Crippen molar-refractivity contribution in [3.05, 3.63) is 0 Å². The Balaban J connectivity index is 2.39. The van der Waals surface area contributed by atoms with E-state index in [-0.39, 0.29) is 5.41 Å². The van der Waals surface area contributed by atoms with Crippen LogP contribution in [0.1, 0.15) is 12.8 Å². The van der Waals surface area contributed by atoms with Gasteiger partial charge in [-0.25, -0.2) is 0 Å². The number of alkyl halides is 1. The van der Waals surface area contributed by atoms with Gasteiger partial charge in [0.2, 0.25) is 0 Å². The molecule has 0 N–H and O–H groups in total. The minimum Gasteiger partial charge on any atom is -0.381 e. The summed E-state index contributed by atoms with van der Waals surface area (Å²) < 4.78 is 16.2. The standard InChI is InChI=1S/C8H15ClO2S/c1-12(10)5-3-8(6-9)2-4-11-7-8/h2-7H2,1H3. The number of halogens is 1. The van der Waals surface area contributed by atoms with Crippen LogP contribution in [0.2, 0.25) is 0 Å². The number of ether oxygens (including phenoxy) is 1. The van der Waals surface area contributed by atoms with E-state index < -0.39 is 10.8 Å². The first kappa shape index (κ1) is 10.5. The second-order valence-electron chi connectivity index (χ2n) is 3.46. The van der Waals surface area contributed by atoms with Gasteiger partial charge in [0.05, 0.1) is 6.61 Å². The highest BCUT2D eigenvalue weighted by atomic mass is 35.5. The molecular formula is C8H15ClO2S. The molecule has 1 aliphatic rings. The van der Waals surface area contributed by atoms with Crippen molar-refractivity contribution in [2.75, 3.05) is 31.1 Å². The summed E-state index contributed by atoms with van der Waals surface area (Å²) >= 11 is 5.87. The molecule has 72 valence electrons. The molecule has 2 atom stereocenters. The van der Waals surface area contributed by atoms with Crippen LogP contribution in [0.4, 0.5) is 0 Å². The quantitative estimate of drug-likeness (QED) is 0.656. The summed E-state index contributed by atoms with van der Waals surface area (Å²) in [4.78, 5) is 0. The molecule has 2 nitrogen and oxygen atoms in total. The van der Waals surface area contributed by atoms with Gasteiger partial charge in [-0.2, -0.15) is 0 Å². The second kappa shape index (κ2) is 4.58. The normalized spacial score (nSPS) is 32.2. The fourth-order valence-corrected chi connectivity index (χ4v) is 2.44. The third kappa shape index (κ3) is 2.71. The van der Waals surface area contributed by atoms with Crippen molar-refractivity contribution in [2.45, 2.75) is 12.8 Å². The van der Waals surface area contributed by atoms with Crippen molar-refractivity contribution < 1.29 is 8.95 Å². The molecule has 0 aromatic rings. The summed E-state index contributed by atoms with van der Waals surface area (Å²) in [7, 11) is -0.703. The first-order chi connectivity index (χ1) is 5.68. The van der Waals surface area contributed by atoms with Crippen molar-refractivity contribution in [2.24, 2.45) is 5.41 Å². The third-order valence-electron chi connectivity index (χ3n) is 2.39. The van der Waals surface area contributed by atoms with E-state index in [1.807, 2.05) is 0 Å². The molecule has 1 aliphatic heterocycles. The Bertz CT molecular complexity index is 166. The maximum atomic E-state index is 10.9. The molecule has 1 fully saturated rings. The molecule has 0 spiro atoms. The van der Waals surface area contributed by atoms with Crippen LogP contribution in [0.15, 0.2) is 0 Å². The van der Waals surface area contributed by atoms with E-state index in [9.17, 15) is 4.21 Å². The third-order valence-corrected chi connectivity index (χ3v) is 3.73. The Kier molecular flexibility index (Phi) is 4.00. The predicted molar refractivity (Wildman–Crippen MR) is 52.1 cm³/mol. The maximum absolute atomic E-state index is 10.9. The fraction of sp³-hybridized carbons (Fsp3) is 1.00. The van der Waals surface area contributed by atoms with E-state index in [0.717, 1.165) is 31.8 Å². The van der Waals surface area contributed by atoms with Crippen LogP contribution in [0, 0.1) is 5.41 Å². The monoisotopic (exact) mass is 210 g/mol. The number of rotatable bonds is 4. The smallest absolute Gasteiger partial charge is 0.0535 e. The molecule has 2 unspecified atom stereocenters. The second-order valence-corrected chi connectivity index (χ2v) is 5.29. The Morgan fingerprint density at radius 3 is 2.83 bits per heavy atom. The summed E-state index contributed by atoms with van der Waals surface area (Å²) in [6.07, 6.45) is 3.69. The van der Waals surface area contributed by atoms with Gasteiger partial charge in [0.1, 0.15) is 0 Å². The molecule has 0 radical (unpaired) electrons. The molecular weight excluding hydrogens is 196 g/mol. The van der Waals surface area contributed by atoms with E-state index >= 15 is 0 Å². The lowest BCUT2D eigenvalue weighted by molar-refractivity contribution is 0.159. The fourth-order valence-electron chi connectivity index (χ4n) is 1.38. The highest BCUT2D eigenvalue weighted by molar-refractivity contribution is 7.84. The van der Waals surface area contributed by atoms with Crippen LogP contribution < -0.4 is 0 Å². The average molecular weight is 211 g/mol. The summed E-state index contributed by atoms with van der Waals surface area (Å²) in [6.45, 7) is 1.55. The minimum atomic E-state index is -0.703.